The van der Waals surface area contributed by atoms with Gasteiger partial charge in [-0.2, -0.15) is 5.10 Å². The van der Waals surface area contributed by atoms with Crippen molar-refractivity contribution in [2.75, 3.05) is 17.7 Å². The predicted octanol–water partition coefficient (Wildman–Crippen LogP) is 3.09. The van der Waals surface area contributed by atoms with Crippen molar-refractivity contribution < 1.29 is 22.7 Å². The number of esters is 1. The first-order chi connectivity index (χ1) is 14.4. The number of nitrogens with zero attached hydrogens (tertiary/aromatic N) is 2. The molecule has 1 N–H and O–H groups in total. The second kappa shape index (κ2) is 8.91. The smallest absolute Gasteiger partial charge is 0.358 e. The molecule has 0 spiro atoms. The monoisotopic (exact) mass is 427 g/mol. The highest BCUT2D eigenvalue weighted by atomic mass is 32.2. The number of rotatable bonds is 7. The Hall–Kier alpha value is -3.46. The van der Waals surface area contributed by atoms with Crippen molar-refractivity contribution in [3.8, 4) is 5.69 Å². The van der Waals surface area contributed by atoms with Crippen LogP contribution in [-0.2, 0) is 14.6 Å². The molecule has 0 fully saturated rings. The Bertz CT molecular complexity index is 1170. The van der Waals surface area contributed by atoms with Crippen LogP contribution < -0.4 is 5.32 Å². The maximum atomic E-state index is 12.6. The van der Waals surface area contributed by atoms with Gasteiger partial charge in [0.15, 0.2) is 15.5 Å². The molecule has 0 atom stereocenters. The molecule has 30 heavy (non-hydrogen) atoms. The molecule has 1 aromatic heterocycles. The number of anilines is 1. The molecule has 3 rings (SSSR count). The summed E-state index contributed by atoms with van der Waals surface area (Å²) in [6.45, 7) is 3.52. The van der Waals surface area contributed by atoms with Gasteiger partial charge in [-0.1, -0.05) is 19.1 Å². The quantitative estimate of drug-likeness (QED) is 0.581. The molecule has 1 amide bonds. The third-order valence-corrected chi connectivity index (χ3v) is 6.10. The molecule has 1 heterocycles. The van der Waals surface area contributed by atoms with Gasteiger partial charge in [-0.05, 0) is 49.4 Å². The Labute approximate surface area is 174 Å². The lowest BCUT2D eigenvalue weighted by molar-refractivity contribution is 0.0518. The third-order valence-electron chi connectivity index (χ3n) is 4.31. The number of carbonyl (C=O) groups excluding carboxylic acids is 2. The molecule has 0 saturated carbocycles. The van der Waals surface area contributed by atoms with Crippen LogP contribution in [0.2, 0.25) is 0 Å². The Kier molecular flexibility index (Phi) is 6.31. The van der Waals surface area contributed by atoms with E-state index in [0.29, 0.717) is 11.4 Å². The summed E-state index contributed by atoms with van der Waals surface area (Å²) in [7, 11) is -3.53. The van der Waals surface area contributed by atoms with Crippen molar-refractivity contribution in [2.45, 2.75) is 18.7 Å². The molecular formula is C21H21N3O5S. The van der Waals surface area contributed by atoms with Gasteiger partial charge < -0.3 is 10.1 Å². The van der Waals surface area contributed by atoms with Gasteiger partial charge in [0.2, 0.25) is 0 Å². The number of ether oxygens (including phenoxy) is 1. The minimum absolute atomic E-state index is 0.00431. The van der Waals surface area contributed by atoms with Gasteiger partial charge >= 0.3 is 5.97 Å². The van der Waals surface area contributed by atoms with Gasteiger partial charge in [-0.25, -0.2) is 17.9 Å². The van der Waals surface area contributed by atoms with E-state index in [0.717, 1.165) is 0 Å². The summed E-state index contributed by atoms with van der Waals surface area (Å²) >= 11 is 0. The number of benzene rings is 2. The minimum atomic E-state index is -3.53. The van der Waals surface area contributed by atoms with Crippen LogP contribution in [-0.4, -0.2) is 42.4 Å². The number of hydrogen-bond acceptors (Lipinski definition) is 6. The maximum Gasteiger partial charge on any atom is 0.358 e. The minimum Gasteiger partial charge on any atom is -0.461 e. The van der Waals surface area contributed by atoms with Crippen LogP contribution in [0.25, 0.3) is 5.69 Å². The molecule has 0 bridgehead atoms. The van der Waals surface area contributed by atoms with Gasteiger partial charge in [-0.15, -0.1) is 0 Å². The first-order valence-corrected chi connectivity index (χ1v) is 11.0. The molecule has 8 nitrogen and oxygen atoms in total. The third kappa shape index (κ3) is 4.57. The lowest BCUT2D eigenvalue weighted by atomic mass is 10.2. The topological polar surface area (TPSA) is 107 Å². The van der Waals surface area contributed by atoms with E-state index < -0.39 is 21.7 Å². The van der Waals surface area contributed by atoms with Crippen molar-refractivity contribution in [2.24, 2.45) is 0 Å². The van der Waals surface area contributed by atoms with E-state index in [-0.39, 0.29) is 28.5 Å². The van der Waals surface area contributed by atoms with E-state index in [1.54, 1.807) is 55.6 Å². The Balaban J connectivity index is 1.77. The molecule has 0 radical (unpaired) electrons. The summed E-state index contributed by atoms with van der Waals surface area (Å²) in [4.78, 5) is 24.4. The molecule has 156 valence electrons. The van der Waals surface area contributed by atoms with E-state index in [2.05, 4.69) is 10.4 Å². The second-order valence-corrected chi connectivity index (χ2v) is 8.51. The largest absolute Gasteiger partial charge is 0.461 e. The zero-order valence-electron chi connectivity index (χ0n) is 16.5. The first-order valence-electron chi connectivity index (χ1n) is 9.32. The average molecular weight is 427 g/mol. The zero-order valence-corrected chi connectivity index (χ0v) is 17.3. The summed E-state index contributed by atoms with van der Waals surface area (Å²) in [6.07, 6.45) is 1.63. The van der Waals surface area contributed by atoms with E-state index in [4.69, 9.17) is 4.74 Å². The van der Waals surface area contributed by atoms with Crippen molar-refractivity contribution >= 4 is 27.4 Å². The van der Waals surface area contributed by atoms with Crippen LogP contribution in [0.15, 0.2) is 65.7 Å². The summed E-state index contributed by atoms with van der Waals surface area (Å²) in [6, 6.07) is 14.4. The number of hydrogen-bond donors (Lipinski definition) is 1. The highest BCUT2D eigenvalue weighted by Gasteiger charge is 2.20. The fraction of sp³-hybridized carbons (Fsp3) is 0.190. The van der Waals surface area contributed by atoms with E-state index in [1.165, 1.54) is 23.7 Å². The maximum absolute atomic E-state index is 12.6. The van der Waals surface area contributed by atoms with Crippen molar-refractivity contribution in [3.63, 3.8) is 0 Å². The Morgan fingerprint density at radius 1 is 1.03 bits per heavy atom. The Morgan fingerprint density at radius 3 is 2.40 bits per heavy atom. The molecular weight excluding hydrogens is 406 g/mol. The van der Waals surface area contributed by atoms with Crippen molar-refractivity contribution in [1.29, 1.82) is 0 Å². The van der Waals surface area contributed by atoms with Crippen LogP contribution in [0, 0.1) is 0 Å². The number of carbonyl (C=O) groups is 2. The van der Waals surface area contributed by atoms with Crippen LogP contribution in [0.4, 0.5) is 5.69 Å². The average Bonchev–Trinajstić information content (AvgIpc) is 3.25. The summed E-state index contributed by atoms with van der Waals surface area (Å²) in [5.74, 6) is -1.11. The summed E-state index contributed by atoms with van der Waals surface area (Å²) in [5, 5.41) is 6.88. The molecule has 0 aliphatic rings. The highest BCUT2D eigenvalue weighted by Crippen LogP contribution is 2.20. The Morgan fingerprint density at radius 2 is 1.73 bits per heavy atom. The molecule has 0 saturated heterocycles. The van der Waals surface area contributed by atoms with Crippen LogP contribution in [0.3, 0.4) is 0 Å². The molecule has 9 heteroatoms. The van der Waals surface area contributed by atoms with Gasteiger partial charge in [0.05, 0.1) is 28.5 Å². The molecule has 2 aromatic carbocycles. The molecule has 3 aromatic rings. The molecule has 0 unspecified atom stereocenters. The van der Waals surface area contributed by atoms with Crippen LogP contribution >= 0.6 is 0 Å². The fourth-order valence-electron chi connectivity index (χ4n) is 2.76. The summed E-state index contributed by atoms with van der Waals surface area (Å²) < 4.78 is 30.9. The van der Waals surface area contributed by atoms with Gasteiger partial charge in [0, 0.05) is 11.9 Å². The van der Waals surface area contributed by atoms with Gasteiger partial charge in [0.25, 0.3) is 5.91 Å². The molecule has 0 aliphatic heterocycles. The first kappa shape index (κ1) is 21.3. The SMILES string of the molecule is CCOC(=O)c1ccn(-c2ccc(NC(=O)c3ccccc3S(=O)(=O)CC)cc2)n1. The lowest BCUT2D eigenvalue weighted by Crippen LogP contribution is -2.17. The van der Waals surface area contributed by atoms with Crippen molar-refractivity contribution in [1.82, 2.24) is 9.78 Å². The van der Waals surface area contributed by atoms with E-state index in [1.807, 2.05) is 0 Å². The number of nitrogens with one attached hydrogen (secondary N) is 1. The number of sulfone groups is 1. The van der Waals surface area contributed by atoms with E-state index >= 15 is 0 Å². The van der Waals surface area contributed by atoms with Crippen molar-refractivity contribution in [3.05, 3.63) is 72.1 Å². The highest BCUT2D eigenvalue weighted by molar-refractivity contribution is 7.91. The van der Waals surface area contributed by atoms with Gasteiger partial charge in [-0.3, -0.25) is 4.79 Å². The van der Waals surface area contributed by atoms with Crippen LogP contribution in [0.5, 0.6) is 0 Å². The summed E-state index contributed by atoms with van der Waals surface area (Å²) in [5.41, 5.74) is 1.46. The molecule has 0 aliphatic carbocycles. The number of amides is 1. The zero-order chi connectivity index (χ0) is 21.7. The fourth-order valence-corrected chi connectivity index (χ4v) is 3.85. The second-order valence-electron chi connectivity index (χ2n) is 6.27. The normalized spacial score (nSPS) is 11.1. The number of aromatic nitrogens is 2. The van der Waals surface area contributed by atoms with Crippen LogP contribution in [0.1, 0.15) is 34.7 Å². The standard InChI is InChI=1S/C21H21N3O5S/c1-3-29-21(26)18-13-14-24(23-18)16-11-9-15(10-12-16)22-20(25)17-7-5-6-8-19(17)30(27,28)4-2/h5-14H,3-4H2,1-2H3,(H,22,25). The van der Waals surface area contributed by atoms with E-state index in [9.17, 15) is 18.0 Å². The predicted molar refractivity (Wildman–Crippen MR) is 112 cm³/mol. The van der Waals surface area contributed by atoms with Gasteiger partial charge in [0.1, 0.15) is 0 Å². The lowest BCUT2D eigenvalue weighted by Gasteiger charge is -2.10.